The van der Waals surface area contributed by atoms with E-state index >= 15 is 0 Å². The maximum atomic E-state index is 12.4. The lowest BCUT2D eigenvalue weighted by atomic mass is 9.98. The second-order valence-electron chi connectivity index (χ2n) is 8.57. The molecule has 0 radical (unpaired) electrons. The van der Waals surface area contributed by atoms with Gasteiger partial charge < -0.3 is 20.1 Å². The molecular weight excluding hydrogens is 408 g/mol. The van der Waals surface area contributed by atoms with E-state index in [9.17, 15) is 14.4 Å². The lowest BCUT2D eigenvalue weighted by molar-refractivity contribution is -0.141. The number of hydrogen-bond donors (Lipinski definition) is 2. The van der Waals surface area contributed by atoms with E-state index in [0.29, 0.717) is 19.4 Å². The lowest BCUT2D eigenvalue weighted by Crippen LogP contribution is -2.36. The Kier molecular flexibility index (Phi) is 6.44. The highest BCUT2D eigenvalue weighted by atomic mass is 16.5. The van der Waals surface area contributed by atoms with Gasteiger partial charge in [0.25, 0.3) is 0 Å². The molecular formula is C25H28N2O5. The molecule has 2 unspecified atom stereocenters. The first kappa shape index (κ1) is 21.9. The van der Waals surface area contributed by atoms with Gasteiger partial charge in [-0.1, -0.05) is 48.5 Å². The fraction of sp³-hybridized carbons (Fsp3) is 0.400. The number of benzene rings is 2. The highest BCUT2D eigenvalue weighted by Gasteiger charge is 2.31. The number of ether oxygens (including phenoxy) is 1. The molecule has 2 aromatic rings. The van der Waals surface area contributed by atoms with Gasteiger partial charge >= 0.3 is 12.1 Å². The summed E-state index contributed by atoms with van der Waals surface area (Å²) in [6.07, 6.45) is 0.724. The average Bonchev–Trinajstić information content (AvgIpc) is 3.40. The van der Waals surface area contributed by atoms with Crippen molar-refractivity contribution in [1.82, 2.24) is 10.2 Å². The van der Waals surface area contributed by atoms with Crippen molar-refractivity contribution in [3.63, 3.8) is 0 Å². The Bertz CT molecular complexity index is 975. The van der Waals surface area contributed by atoms with E-state index in [4.69, 9.17) is 9.84 Å². The fourth-order valence-electron chi connectivity index (χ4n) is 4.60. The van der Waals surface area contributed by atoms with Crippen LogP contribution in [0.5, 0.6) is 0 Å². The molecule has 32 heavy (non-hydrogen) atoms. The maximum absolute atomic E-state index is 12.4. The van der Waals surface area contributed by atoms with Crippen LogP contribution in [0.15, 0.2) is 48.5 Å². The Balaban J connectivity index is 1.25. The molecule has 2 amide bonds. The number of hydrogen-bond acceptors (Lipinski definition) is 4. The molecule has 1 aliphatic carbocycles. The van der Waals surface area contributed by atoms with E-state index in [1.165, 1.54) is 11.1 Å². The zero-order chi connectivity index (χ0) is 22.7. The van der Waals surface area contributed by atoms with Gasteiger partial charge in [-0.3, -0.25) is 9.59 Å². The molecule has 1 aliphatic heterocycles. The van der Waals surface area contributed by atoms with Gasteiger partial charge in [0, 0.05) is 31.5 Å². The average molecular weight is 437 g/mol. The largest absolute Gasteiger partial charge is 0.481 e. The van der Waals surface area contributed by atoms with Crippen LogP contribution in [-0.4, -0.2) is 53.7 Å². The summed E-state index contributed by atoms with van der Waals surface area (Å²) in [5.74, 6) is -1.40. The Labute approximate surface area is 187 Å². The molecule has 0 aromatic heterocycles. The van der Waals surface area contributed by atoms with Crippen LogP contribution in [0, 0.1) is 5.92 Å². The number of fused-ring (bicyclic) bond motifs is 3. The number of nitrogens with zero attached hydrogens (tertiary/aromatic N) is 1. The molecule has 2 aliphatic rings. The predicted octanol–water partition coefficient (Wildman–Crippen LogP) is 3.63. The molecule has 1 saturated heterocycles. The lowest BCUT2D eigenvalue weighted by Gasteiger charge is -2.19. The van der Waals surface area contributed by atoms with Crippen molar-refractivity contribution in [1.29, 1.82) is 0 Å². The zero-order valence-electron chi connectivity index (χ0n) is 18.1. The molecule has 1 fully saturated rings. The third-order valence-corrected chi connectivity index (χ3v) is 6.39. The summed E-state index contributed by atoms with van der Waals surface area (Å²) in [7, 11) is 0. The van der Waals surface area contributed by atoms with Crippen molar-refractivity contribution < 1.29 is 24.2 Å². The van der Waals surface area contributed by atoms with E-state index in [1.807, 2.05) is 31.2 Å². The quantitative estimate of drug-likeness (QED) is 0.691. The van der Waals surface area contributed by atoms with Gasteiger partial charge in [-0.05, 0) is 42.0 Å². The molecule has 2 aromatic carbocycles. The first-order chi connectivity index (χ1) is 15.4. The molecule has 2 N–H and O–H groups in total. The first-order valence-electron chi connectivity index (χ1n) is 11.1. The van der Waals surface area contributed by atoms with Crippen LogP contribution in [-0.2, 0) is 14.3 Å². The molecule has 2 atom stereocenters. The first-order valence-corrected chi connectivity index (χ1v) is 11.1. The number of alkyl carbamates (subject to hydrolysis) is 1. The van der Waals surface area contributed by atoms with Crippen LogP contribution in [0.3, 0.4) is 0 Å². The Morgan fingerprint density at radius 3 is 2.31 bits per heavy atom. The SMILES string of the molecule is CC(CCC(=O)N1CCC(C(=O)O)C1)NC(=O)OCC1c2ccccc2-c2ccccc21. The van der Waals surface area contributed by atoms with Gasteiger partial charge in [-0.2, -0.15) is 0 Å². The number of rotatable bonds is 7. The maximum Gasteiger partial charge on any atom is 0.407 e. The number of aliphatic carboxylic acids is 1. The summed E-state index contributed by atoms with van der Waals surface area (Å²) < 4.78 is 5.55. The van der Waals surface area contributed by atoms with Crippen molar-refractivity contribution in [3.05, 3.63) is 59.7 Å². The third-order valence-electron chi connectivity index (χ3n) is 6.39. The topological polar surface area (TPSA) is 95.9 Å². The fourth-order valence-corrected chi connectivity index (χ4v) is 4.60. The molecule has 4 rings (SSSR count). The third kappa shape index (κ3) is 4.61. The Hall–Kier alpha value is -3.35. The van der Waals surface area contributed by atoms with Gasteiger partial charge in [0.15, 0.2) is 0 Å². The second-order valence-corrected chi connectivity index (χ2v) is 8.57. The summed E-state index contributed by atoms with van der Waals surface area (Å²) in [4.78, 5) is 37.3. The van der Waals surface area contributed by atoms with Crippen molar-refractivity contribution in [2.45, 2.75) is 38.1 Å². The number of likely N-dealkylation sites (tertiary alicyclic amines) is 1. The standard InChI is InChI=1S/C25H28N2O5/c1-16(10-11-23(28)27-13-12-17(14-27)24(29)30)26-25(31)32-15-22-20-8-4-2-6-18(20)19-7-3-5-9-21(19)22/h2-9,16-17,22H,10-15H2,1H3,(H,26,31)(H,29,30). The summed E-state index contributed by atoms with van der Waals surface area (Å²) in [5, 5.41) is 11.9. The van der Waals surface area contributed by atoms with Crippen molar-refractivity contribution in [2.24, 2.45) is 5.92 Å². The molecule has 7 heteroatoms. The second kappa shape index (κ2) is 9.42. The van der Waals surface area contributed by atoms with Crippen LogP contribution in [0.4, 0.5) is 4.79 Å². The molecule has 0 spiro atoms. The van der Waals surface area contributed by atoms with Gasteiger partial charge in [-0.15, -0.1) is 0 Å². The van der Waals surface area contributed by atoms with E-state index < -0.39 is 18.0 Å². The van der Waals surface area contributed by atoms with Crippen LogP contribution in [0.2, 0.25) is 0 Å². The number of nitrogens with one attached hydrogen (secondary N) is 1. The van der Waals surface area contributed by atoms with Crippen molar-refractivity contribution >= 4 is 18.0 Å². The van der Waals surface area contributed by atoms with E-state index in [2.05, 4.69) is 29.6 Å². The van der Waals surface area contributed by atoms with Crippen LogP contribution in [0.1, 0.15) is 43.2 Å². The van der Waals surface area contributed by atoms with Crippen molar-refractivity contribution in [2.75, 3.05) is 19.7 Å². The summed E-state index contributed by atoms with van der Waals surface area (Å²) in [6, 6.07) is 16.1. The highest BCUT2D eigenvalue weighted by Crippen LogP contribution is 2.44. The summed E-state index contributed by atoms with van der Waals surface area (Å²) >= 11 is 0. The Morgan fingerprint density at radius 1 is 1.09 bits per heavy atom. The summed E-state index contributed by atoms with van der Waals surface area (Å²) in [6.45, 7) is 2.82. The minimum atomic E-state index is -0.856. The number of carbonyl (C=O) groups excluding carboxylic acids is 2. The van der Waals surface area contributed by atoms with Gasteiger partial charge in [-0.25, -0.2) is 4.79 Å². The van der Waals surface area contributed by atoms with Gasteiger partial charge in [0.05, 0.1) is 5.92 Å². The van der Waals surface area contributed by atoms with Crippen LogP contribution in [0.25, 0.3) is 11.1 Å². The molecule has 0 bridgehead atoms. The van der Waals surface area contributed by atoms with Crippen LogP contribution >= 0.6 is 0 Å². The minimum Gasteiger partial charge on any atom is -0.481 e. The molecule has 7 nitrogen and oxygen atoms in total. The number of carboxylic acids is 1. The summed E-state index contributed by atoms with van der Waals surface area (Å²) in [5.41, 5.74) is 4.67. The Morgan fingerprint density at radius 2 is 1.72 bits per heavy atom. The zero-order valence-corrected chi connectivity index (χ0v) is 18.1. The smallest absolute Gasteiger partial charge is 0.407 e. The molecule has 1 heterocycles. The van der Waals surface area contributed by atoms with E-state index in [1.54, 1.807) is 4.90 Å². The van der Waals surface area contributed by atoms with Gasteiger partial charge in [0.1, 0.15) is 6.61 Å². The van der Waals surface area contributed by atoms with E-state index in [0.717, 1.165) is 11.1 Å². The van der Waals surface area contributed by atoms with Crippen molar-refractivity contribution in [3.8, 4) is 11.1 Å². The number of amides is 2. The molecule has 168 valence electrons. The highest BCUT2D eigenvalue weighted by molar-refractivity contribution is 5.80. The van der Waals surface area contributed by atoms with Gasteiger partial charge in [0.2, 0.25) is 5.91 Å². The number of carbonyl (C=O) groups is 3. The predicted molar refractivity (Wildman–Crippen MR) is 119 cm³/mol. The monoisotopic (exact) mass is 436 g/mol. The normalized spacial score (nSPS) is 18.0. The minimum absolute atomic E-state index is 0.00221. The molecule has 0 saturated carbocycles. The van der Waals surface area contributed by atoms with E-state index in [-0.39, 0.29) is 37.4 Å². The van der Waals surface area contributed by atoms with Crippen LogP contribution < -0.4 is 5.32 Å². The number of carboxylic acid groups (broad SMARTS) is 1.